The molecule has 0 saturated heterocycles. The third-order valence-corrected chi connectivity index (χ3v) is 1.40. The summed E-state index contributed by atoms with van der Waals surface area (Å²) in [5.41, 5.74) is 0.947. The standard InChI is InChI=1S/C8H10ClN3/c1-7(9)4-11-5-8-2-3-10-6-12-8/h2-3,6,11H,1,4-5H2. The largest absolute Gasteiger partial charge is 0.306 e. The molecule has 0 atom stereocenters. The van der Waals surface area contributed by atoms with Crippen LogP contribution in [0.2, 0.25) is 0 Å². The maximum Gasteiger partial charge on any atom is 0.115 e. The lowest BCUT2D eigenvalue weighted by atomic mass is 10.4. The first-order valence-corrected chi connectivity index (χ1v) is 3.95. The zero-order valence-corrected chi connectivity index (χ0v) is 7.38. The average Bonchev–Trinajstić information content (AvgIpc) is 2.05. The van der Waals surface area contributed by atoms with E-state index in [4.69, 9.17) is 11.6 Å². The highest BCUT2D eigenvalue weighted by Crippen LogP contribution is 1.94. The van der Waals surface area contributed by atoms with E-state index in [0.29, 0.717) is 18.1 Å². The first-order chi connectivity index (χ1) is 5.79. The molecule has 0 fully saturated rings. The van der Waals surface area contributed by atoms with Gasteiger partial charge in [0, 0.05) is 24.3 Å². The molecule has 0 aliphatic rings. The van der Waals surface area contributed by atoms with Crippen LogP contribution in [0.4, 0.5) is 0 Å². The molecule has 1 aromatic rings. The van der Waals surface area contributed by atoms with Crippen molar-refractivity contribution in [1.29, 1.82) is 0 Å². The molecule has 1 N–H and O–H groups in total. The highest BCUT2D eigenvalue weighted by molar-refractivity contribution is 6.29. The van der Waals surface area contributed by atoms with Gasteiger partial charge < -0.3 is 5.32 Å². The molecule has 0 aliphatic carbocycles. The molecule has 0 spiro atoms. The van der Waals surface area contributed by atoms with Crippen LogP contribution in [0.3, 0.4) is 0 Å². The molecule has 0 saturated carbocycles. The van der Waals surface area contributed by atoms with Gasteiger partial charge in [0.2, 0.25) is 0 Å². The number of nitrogens with zero attached hydrogens (tertiary/aromatic N) is 2. The third-order valence-electron chi connectivity index (χ3n) is 1.27. The maximum atomic E-state index is 5.55. The first-order valence-electron chi connectivity index (χ1n) is 3.58. The van der Waals surface area contributed by atoms with Gasteiger partial charge in [0.1, 0.15) is 6.33 Å². The lowest BCUT2D eigenvalue weighted by molar-refractivity contribution is 0.733. The van der Waals surface area contributed by atoms with E-state index in [9.17, 15) is 0 Å². The zero-order valence-electron chi connectivity index (χ0n) is 6.63. The summed E-state index contributed by atoms with van der Waals surface area (Å²) in [6, 6.07) is 1.85. The van der Waals surface area contributed by atoms with E-state index < -0.39 is 0 Å². The molecule has 0 amide bonds. The normalized spacial score (nSPS) is 9.75. The van der Waals surface area contributed by atoms with Crippen molar-refractivity contribution >= 4 is 11.6 Å². The van der Waals surface area contributed by atoms with Crippen molar-refractivity contribution in [3.63, 3.8) is 0 Å². The number of aromatic nitrogens is 2. The fraction of sp³-hybridized carbons (Fsp3) is 0.250. The molecular formula is C8H10ClN3. The Kier molecular flexibility index (Phi) is 3.70. The summed E-state index contributed by atoms with van der Waals surface area (Å²) in [6.07, 6.45) is 3.23. The third kappa shape index (κ3) is 3.46. The molecule has 64 valence electrons. The first kappa shape index (κ1) is 9.16. The molecule has 4 heteroatoms. The van der Waals surface area contributed by atoms with Gasteiger partial charge in [0.25, 0.3) is 0 Å². The van der Waals surface area contributed by atoms with Crippen LogP contribution in [0, 0.1) is 0 Å². The lowest BCUT2D eigenvalue weighted by Crippen LogP contribution is -2.15. The molecule has 1 heterocycles. The van der Waals surface area contributed by atoms with Gasteiger partial charge in [0.15, 0.2) is 0 Å². The predicted molar refractivity (Wildman–Crippen MR) is 48.7 cm³/mol. The molecule has 0 radical (unpaired) electrons. The van der Waals surface area contributed by atoms with Gasteiger partial charge >= 0.3 is 0 Å². The lowest BCUT2D eigenvalue weighted by Gasteiger charge is -2.00. The molecule has 0 bridgehead atoms. The van der Waals surface area contributed by atoms with Crippen LogP contribution in [-0.4, -0.2) is 16.5 Å². The number of hydrogen-bond acceptors (Lipinski definition) is 3. The predicted octanol–water partition coefficient (Wildman–Crippen LogP) is 1.32. The Bertz CT molecular complexity index is 248. The molecular weight excluding hydrogens is 174 g/mol. The van der Waals surface area contributed by atoms with Crippen LogP contribution in [-0.2, 0) is 6.54 Å². The summed E-state index contributed by atoms with van der Waals surface area (Å²) in [7, 11) is 0. The smallest absolute Gasteiger partial charge is 0.115 e. The quantitative estimate of drug-likeness (QED) is 0.765. The summed E-state index contributed by atoms with van der Waals surface area (Å²) in [6.45, 7) is 4.85. The van der Waals surface area contributed by atoms with Gasteiger partial charge in [-0.2, -0.15) is 0 Å². The Morgan fingerprint density at radius 3 is 3.08 bits per heavy atom. The number of rotatable bonds is 4. The van der Waals surface area contributed by atoms with E-state index in [1.165, 1.54) is 6.33 Å². The van der Waals surface area contributed by atoms with Crippen molar-refractivity contribution in [2.24, 2.45) is 0 Å². The summed E-state index contributed by atoms with van der Waals surface area (Å²) >= 11 is 5.55. The second-order valence-electron chi connectivity index (χ2n) is 2.32. The fourth-order valence-electron chi connectivity index (χ4n) is 0.749. The van der Waals surface area contributed by atoms with Gasteiger partial charge in [-0.1, -0.05) is 18.2 Å². The average molecular weight is 184 g/mol. The Labute approximate surface area is 76.5 Å². The van der Waals surface area contributed by atoms with E-state index in [0.717, 1.165) is 5.69 Å². The SMILES string of the molecule is C=C(Cl)CNCc1ccncn1. The highest BCUT2D eigenvalue weighted by atomic mass is 35.5. The van der Waals surface area contributed by atoms with Gasteiger partial charge in [-0.25, -0.2) is 9.97 Å². The van der Waals surface area contributed by atoms with E-state index in [1.807, 2.05) is 6.07 Å². The number of hydrogen-bond donors (Lipinski definition) is 1. The summed E-state index contributed by atoms with van der Waals surface area (Å²) in [5.74, 6) is 0. The van der Waals surface area contributed by atoms with Crippen LogP contribution >= 0.6 is 11.6 Å². The van der Waals surface area contributed by atoms with E-state index in [1.54, 1.807) is 6.20 Å². The van der Waals surface area contributed by atoms with Crippen molar-refractivity contribution in [2.45, 2.75) is 6.54 Å². The molecule has 3 nitrogen and oxygen atoms in total. The van der Waals surface area contributed by atoms with Gasteiger partial charge in [0.05, 0.1) is 5.69 Å². The minimum atomic E-state index is 0.601. The summed E-state index contributed by atoms with van der Waals surface area (Å²) in [5, 5.41) is 3.68. The Morgan fingerprint density at radius 1 is 1.67 bits per heavy atom. The maximum absolute atomic E-state index is 5.55. The van der Waals surface area contributed by atoms with Crippen molar-refractivity contribution in [2.75, 3.05) is 6.54 Å². The fourth-order valence-corrected chi connectivity index (χ4v) is 0.843. The molecule has 0 aliphatic heterocycles. The highest BCUT2D eigenvalue weighted by Gasteiger charge is 1.92. The van der Waals surface area contributed by atoms with Crippen LogP contribution in [0.15, 0.2) is 30.2 Å². The number of halogens is 1. The summed E-state index contributed by atoms with van der Waals surface area (Å²) < 4.78 is 0. The molecule has 12 heavy (non-hydrogen) atoms. The Morgan fingerprint density at radius 2 is 2.50 bits per heavy atom. The second kappa shape index (κ2) is 4.85. The van der Waals surface area contributed by atoms with E-state index in [2.05, 4.69) is 21.9 Å². The van der Waals surface area contributed by atoms with Gasteiger partial charge in [-0.15, -0.1) is 0 Å². The van der Waals surface area contributed by atoms with Crippen molar-refractivity contribution in [1.82, 2.24) is 15.3 Å². The Hall–Kier alpha value is -0.930. The monoisotopic (exact) mass is 183 g/mol. The van der Waals surface area contributed by atoms with Crippen molar-refractivity contribution in [3.8, 4) is 0 Å². The second-order valence-corrected chi connectivity index (χ2v) is 2.86. The number of nitrogens with one attached hydrogen (secondary N) is 1. The molecule has 0 aromatic carbocycles. The topological polar surface area (TPSA) is 37.8 Å². The zero-order chi connectivity index (χ0) is 8.81. The van der Waals surface area contributed by atoms with Crippen LogP contribution < -0.4 is 5.32 Å². The molecule has 1 aromatic heterocycles. The molecule has 0 unspecified atom stereocenters. The minimum Gasteiger partial charge on any atom is -0.306 e. The van der Waals surface area contributed by atoms with E-state index >= 15 is 0 Å². The van der Waals surface area contributed by atoms with Gasteiger partial charge in [-0.05, 0) is 6.07 Å². The van der Waals surface area contributed by atoms with Crippen LogP contribution in [0.25, 0.3) is 0 Å². The Balaban J connectivity index is 2.29. The van der Waals surface area contributed by atoms with Gasteiger partial charge in [-0.3, -0.25) is 0 Å². The van der Waals surface area contributed by atoms with Crippen LogP contribution in [0.5, 0.6) is 0 Å². The summed E-state index contributed by atoms with van der Waals surface area (Å²) in [4.78, 5) is 7.84. The van der Waals surface area contributed by atoms with Crippen molar-refractivity contribution in [3.05, 3.63) is 35.9 Å². The molecule has 1 rings (SSSR count). The van der Waals surface area contributed by atoms with Crippen molar-refractivity contribution < 1.29 is 0 Å². The van der Waals surface area contributed by atoms with E-state index in [-0.39, 0.29) is 0 Å². The minimum absolute atomic E-state index is 0.601. The van der Waals surface area contributed by atoms with Crippen LogP contribution in [0.1, 0.15) is 5.69 Å².